The molecule has 2 aromatic heterocycles. The summed E-state index contributed by atoms with van der Waals surface area (Å²) in [7, 11) is 0. The third-order valence-corrected chi connectivity index (χ3v) is 22.3. The first-order valence-corrected chi connectivity index (χ1v) is 31.2. The van der Waals surface area contributed by atoms with Gasteiger partial charge in [-0.05, 0) is 193 Å². The Morgan fingerprint density at radius 1 is 0.227 bits per heavy atom. The van der Waals surface area contributed by atoms with Gasteiger partial charge in [0, 0.05) is 43.5 Å². The zero-order chi connectivity index (χ0) is 57.9. The number of para-hydroxylation sites is 2. The molecule has 0 unspecified atom stereocenters. The summed E-state index contributed by atoms with van der Waals surface area (Å²) in [4.78, 5) is 0. The van der Waals surface area contributed by atoms with Crippen molar-refractivity contribution in [1.29, 1.82) is 0 Å². The molecule has 0 fully saturated rings. The van der Waals surface area contributed by atoms with Crippen LogP contribution in [0.25, 0.3) is 133 Å². The smallest absolute Gasteiger partial charge is 0.143 e. The van der Waals surface area contributed by atoms with Crippen LogP contribution in [0.3, 0.4) is 0 Å². The Morgan fingerprint density at radius 2 is 0.511 bits per heavy atom. The Kier molecular flexibility index (Phi) is 8.62. The highest BCUT2D eigenvalue weighted by molar-refractivity contribution is 6.21. The maximum absolute atomic E-state index is 7.28. The van der Waals surface area contributed by atoms with Gasteiger partial charge in [0.1, 0.15) is 22.3 Å². The van der Waals surface area contributed by atoms with Crippen molar-refractivity contribution in [2.75, 3.05) is 0 Å². The molecule has 0 radical (unpaired) electrons. The van der Waals surface area contributed by atoms with Gasteiger partial charge in [0.25, 0.3) is 0 Å². The van der Waals surface area contributed by atoms with Crippen molar-refractivity contribution in [1.82, 2.24) is 0 Å². The molecule has 2 spiro atoms. The van der Waals surface area contributed by atoms with Crippen molar-refractivity contribution in [3.05, 3.63) is 322 Å². The van der Waals surface area contributed by atoms with Crippen LogP contribution < -0.4 is 0 Å². The first-order chi connectivity index (χ1) is 43.2. The molecule has 410 valence electrons. The second-order valence-corrected chi connectivity index (χ2v) is 26.8. The van der Waals surface area contributed by atoms with Gasteiger partial charge in [-0.2, -0.15) is 0 Å². The van der Waals surface area contributed by atoms with Crippen molar-refractivity contribution in [2.24, 2.45) is 0 Å². The van der Waals surface area contributed by atoms with E-state index in [2.05, 4.69) is 282 Å². The summed E-state index contributed by atoms with van der Waals surface area (Å²) in [6.45, 7) is 9.82. The summed E-state index contributed by atoms with van der Waals surface area (Å²) in [6, 6.07) is 96.8. The number of hydrogen-bond acceptors (Lipinski definition) is 2. The van der Waals surface area contributed by atoms with Crippen LogP contribution in [0.2, 0.25) is 0 Å². The van der Waals surface area contributed by atoms with Crippen LogP contribution in [0.5, 0.6) is 0 Å². The van der Waals surface area contributed by atoms with E-state index < -0.39 is 10.8 Å². The van der Waals surface area contributed by atoms with Crippen LogP contribution >= 0.6 is 0 Å². The lowest BCUT2D eigenvalue weighted by Crippen LogP contribution is -2.25. The van der Waals surface area contributed by atoms with Crippen LogP contribution in [-0.4, -0.2) is 0 Å². The zero-order valence-corrected chi connectivity index (χ0v) is 49.1. The fraction of sp³-hybridized carbons (Fsp3) is 0.0930. The number of benzene rings is 13. The van der Waals surface area contributed by atoms with Crippen LogP contribution in [0, 0.1) is 0 Å². The summed E-state index contributed by atoms with van der Waals surface area (Å²) < 4.78 is 14.6. The fourth-order valence-corrected chi connectivity index (χ4v) is 18.6. The average Bonchev–Trinajstić information content (AvgIpc) is 1.73. The van der Waals surface area contributed by atoms with Gasteiger partial charge >= 0.3 is 0 Å². The monoisotopic (exact) mass is 1120 g/mol. The van der Waals surface area contributed by atoms with E-state index in [1.807, 2.05) is 0 Å². The molecule has 0 atom stereocenters. The first-order valence-electron chi connectivity index (χ1n) is 31.2. The third kappa shape index (κ3) is 5.36. The van der Waals surface area contributed by atoms with Crippen molar-refractivity contribution in [3.8, 4) is 89.0 Å². The average molecular weight is 1120 g/mol. The molecule has 6 aliphatic rings. The van der Waals surface area contributed by atoms with E-state index in [4.69, 9.17) is 8.83 Å². The maximum atomic E-state index is 7.28. The zero-order valence-electron chi connectivity index (χ0n) is 49.1. The Bertz CT molecular complexity index is 5290. The molecule has 88 heavy (non-hydrogen) atoms. The van der Waals surface area contributed by atoms with E-state index in [0.29, 0.717) is 0 Å². The molecule has 0 saturated heterocycles. The minimum atomic E-state index is -0.462. The van der Waals surface area contributed by atoms with Crippen LogP contribution in [0.1, 0.15) is 94.5 Å². The summed E-state index contributed by atoms with van der Waals surface area (Å²) in [5.41, 5.74) is 38.2. The third-order valence-electron chi connectivity index (χ3n) is 22.3. The number of rotatable bonds is 2. The predicted molar refractivity (Wildman–Crippen MR) is 360 cm³/mol. The Hall–Kier alpha value is -10.5. The summed E-state index contributed by atoms with van der Waals surface area (Å²) in [6.07, 6.45) is 0. The molecule has 0 N–H and O–H groups in total. The van der Waals surface area contributed by atoms with E-state index in [0.717, 1.165) is 55.4 Å². The quantitative estimate of drug-likeness (QED) is 0.172. The predicted octanol–water partition coefficient (Wildman–Crippen LogP) is 22.1. The lowest BCUT2D eigenvalue weighted by atomic mass is 9.70. The molecule has 0 amide bonds. The first kappa shape index (κ1) is 47.7. The second kappa shape index (κ2) is 15.9. The molecule has 0 bridgehead atoms. The minimum Gasteiger partial charge on any atom is -0.455 e. The molecular weight excluding hydrogens is 1060 g/mol. The molecule has 2 heterocycles. The van der Waals surface area contributed by atoms with E-state index in [1.165, 1.54) is 144 Å². The summed E-state index contributed by atoms with van der Waals surface area (Å²) in [5, 5.41) is 4.66. The lowest BCUT2D eigenvalue weighted by Gasteiger charge is -2.30. The number of furan rings is 2. The molecule has 2 heteroatoms. The van der Waals surface area contributed by atoms with Gasteiger partial charge in [0.05, 0.1) is 10.8 Å². The van der Waals surface area contributed by atoms with Gasteiger partial charge in [0.15, 0.2) is 0 Å². The van der Waals surface area contributed by atoms with Crippen molar-refractivity contribution in [3.63, 3.8) is 0 Å². The van der Waals surface area contributed by atoms with Gasteiger partial charge in [-0.25, -0.2) is 0 Å². The minimum absolute atomic E-state index is 0.377. The van der Waals surface area contributed by atoms with Gasteiger partial charge in [0.2, 0.25) is 0 Å². The van der Waals surface area contributed by atoms with Crippen molar-refractivity contribution in [2.45, 2.75) is 49.4 Å². The standard InChI is InChI=1S/C86H54O2/c1-83(2)69-45-62-70(46-61(69)77-73(83)43-59(81-79(77)57-27-11-19-35-75(57)87-81)47-37-39-55-53-25-9-17-33-67(53)85(71(55)41-47)63-29-13-5-21-49(63)50-22-6-14-30-64(50)85)84(3,4)74-44-60(82-80(78(62)74)58-28-12-20-36-76(58)88-82)48-38-40-56-54-26-10-18-34-68(54)86(72(56)42-48)65-31-15-7-23-51(65)52-24-8-16-32-66(52)86/h5-46H,1-4H3. The topological polar surface area (TPSA) is 26.3 Å². The molecule has 13 aromatic carbocycles. The second-order valence-electron chi connectivity index (χ2n) is 26.8. The highest BCUT2D eigenvalue weighted by Gasteiger charge is 2.54. The van der Waals surface area contributed by atoms with E-state index in [-0.39, 0.29) is 10.8 Å². The van der Waals surface area contributed by atoms with E-state index >= 15 is 0 Å². The Labute approximate surface area is 509 Å². The molecule has 6 aliphatic carbocycles. The molecule has 15 aromatic rings. The molecule has 21 rings (SSSR count). The lowest BCUT2D eigenvalue weighted by molar-refractivity contribution is 0.650. The van der Waals surface area contributed by atoms with E-state index in [9.17, 15) is 0 Å². The SMILES string of the molecule is CC1(C)c2cc3c(cc2-c2c1cc(-c1ccc4c(c1)C1(c5ccccc5-c5ccccc51)c1ccccc1-4)c1oc4ccccc4c21)C(C)(C)c1cc(-c2ccc4c(c2)C2(c5ccccc5-c5ccccc52)c2ccccc2-4)c2oc4ccccc4c2c1-3. The van der Waals surface area contributed by atoms with Gasteiger partial charge in [-0.3, -0.25) is 0 Å². The van der Waals surface area contributed by atoms with Gasteiger partial charge in [-0.1, -0.05) is 234 Å². The summed E-state index contributed by atoms with van der Waals surface area (Å²) in [5.74, 6) is 0. The normalized spacial score (nSPS) is 15.9. The summed E-state index contributed by atoms with van der Waals surface area (Å²) >= 11 is 0. The Balaban J connectivity index is 0.775. The number of fused-ring (bicyclic) bond motifs is 34. The van der Waals surface area contributed by atoms with Gasteiger partial charge < -0.3 is 8.83 Å². The van der Waals surface area contributed by atoms with E-state index in [1.54, 1.807) is 0 Å². The van der Waals surface area contributed by atoms with Gasteiger partial charge in [-0.15, -0.1) is 0 Å². The highest BCUT2D eigenvalue weighted by atomic mass is 16.3. The number of hydrogen-bond donors (Lipinski definition) is 0. The molecule has 2 nitrogen and oxygen atoms in total. The molecule has 0 aliphatic heterocycles. The largest absolute Gasteiger partial charge is 0.455 e. The Morgan fingerprint density at radius 3 is 0.852 bits per heavy atom. The maximum Gasteiger partial charge on any atom is 0.143 e. The molecule has 0 saturated carbocycles. The van der Waals surface area contributed by atoms with Crippen LogP contribution in [0.15, 0.2) is 264 Å². The van der Waals surface area contributed by atoms with Crippen molar-refractivity contribution < 1.29 is 8.83 Å². The van der Waals surface area contributed by atoms with Crippen LogP contribution in [-0.2, 0) is 21.7 Å². The fourth-order valence-electron chi connectivity index (χ4n) is 18.6. The van der Waals surface area contributed by atoms with Crippen LogP contribution in [0.4, 0.5) is 0 Å². The highest BCUT2D eigenvalue weighted by Crippen LogP contribution is 2.67. The molecular formula is C86H54O2. The van der Waals surface area contributed by atoms with Crippen molar-refractivity contribution >= 4 is 43.9 Å².